The zero-order valence-corrected chi connectivity index (χ0v) is 4.97. The van der Waals surface area contributed by atoms with Crippen molar-refractivity contribution in [2.45, 2.75) is 6.42 Å². The number of Topliss-reactive ketones (excluding diaryl/α,β-unsaturated/α-hetero) is 1. The Morgan fingerprint density at radius 2 is 2.50 bits per heavy atom. The maximum absolute atomic E-state index is 12.2. The number of hydrogen-bond donors (Lipinski definition) is 0. The Hall–Kier alpha value is -1.50. The summed E-state index contributed by atoms with van der Waals surface area (Å²) in [6, 6.07) is 1.50. The molecule has 0 atom stereocenters. The van der Waals surface area contributed by atoms with E-state index in [0.29, 0.717) is 0 Å². The van der Waals surface area contributed by atoms with Gasteiger partial charge in [0.05, 0.1) is 0 Å². The maximum Gasteiger partial charge on any atom is 0.210 e. The summed E-state index contributed by atoms with van der Waals surface area (Å²) in [6.45, 7) is 0. The molecule has 0 amide bonds. The fourth-order valence-electron chi connectivity index (χ4n) is 0.576. The Morgan fingerprint density at radius 1 is 1.80 bits per heavy atom. The molecular formula is C6H3FN2O. The molecular weight excluding hydrogens is 135 g/mol. The number of nitriles is 1. The van der Waals surface area contributed by atoms with Gasteiger partial charge in [-0.1, -0.05) is 0 Å². The van der Waals surface area contributed by atoms with Gasteiger partial charge in [0.15, 0.2) is 11.5 Å². The maximum atomic E-state index is 12.2. The van der Waals surface area contributed by atoms with Crippen LogP contribution in [0.1, 0.15) is 6.42 Å². The van der Waals surface area contributed by atoms with Gasteiger partial charge in [0, 0.05) is 6.42 Å². The van der Waals surface area contributed by atoms with Crippen LogP contribution in [-0.2, 0) is 4.79 Å². The Kier molecular flexibility index (Phi) is 1.59. The highest BCUT2D eigenvalue weighted by atomic mass is 19.1. The van der Waals surface area contributed by atoms with Gasteiger partial charge in [-0.2, -0.15) is 9.65 Å². The lowest BCUT2D eigenvalue weighted by Crippen LogP contribution is -2.13. The van der Waals surface area contributed by atoms with Crippen molar-refractivity contribution in [3.63, 3.8) is 0 Å². The van der Waals surface area contributed by atoms with Crippen LogP contribution in [-0.4, -0.2) is 11.5 Å². The van der Waals surface area contributed by atoms with Gasteiger partial charge in [0.25, 0.3) is 0 Å². The zero-order valence-electron chi connectivity index (χ0n) is 4.97. The number of hydrogen-bond acceptors (Lipinski definition) is 3. The molecule has 3 nitrogen and oxygen atoms in total. The van der Waals surface area contributed by atoms with E-state index in [9.17, 15) is 9.18 Å². The van der Waals surface area contributed by atoms with Crippen LogP contribution in [0.25, 0.3) is 0 Å². The van der Waals surface area contributed by atoms with E-state index < -0.39 is 11.7 Å². The lowest BCUT2D eigenvalue weighted by atomic mass is 10.1. The molecule has 0 bridgehead atoms. The Labute approximate surface area is 56.5 Å². The molecule has 0 aromatic heterocycles. The Bertz CT molecular complexity index is 272. The molecule has 10 heavy (non-hydrogen) atoms. The molecule has 0 aromatic rings. The first-order valence-corrected chi connectivity index (χ1v) is 2.61. The minimum absolute atomic E-state index is 0.0573. The summed E-state index contributed by atoms with van der Waals surface area (Å²) in [4.78, 5) is 13.7. The topological polar surface area (TPSA) is 53.2 Å². The molecule has 1 aliphatic heterocycles. The predicted molar refractivity (Wildman–Crippen MR) is 31.9 cm³/mol. The molecule has 0 radical (unpaired) electrons. The fourth-order valence-corrected chi connectivity index (χ4v) is 0.576. The number of carbonyl (C=O) groups is 1. The molecule has 1 aliphatic rings. The summed E-state index contributed by atoms with van der Waals surface area (Å²) >= 11 is 0. The molecule has 0 aromatic carbocycles. The number of carbonyl (C=O) groups excluding carboxylic acids is 1. The third-order valence-corrected chi connectivity index (χ3v) is 1.04. The molecule has 0 saturated heterocycles. The van der Waals surface area contributed by atoms with E-state index in [2.05, 4.69) is 4.99 Å². The van der Waals surface area contributed by atoms with Gasteiger partial charge in [-0.05, 0) is 6.08 Å². The van der Waals surface area contributed by atoms with Gasteiger partial charge in [0.1, 0.15) is 6.07 Å². The average molecular weight is 138 g/mol. The molecule has 4 heteroatoms. The lowest BCUT2D eigenvalue weighted by molar-refractivity contribution is -0.112. The molecule has 1 heterocycles. The molecule has 0 spiro atoms. The van der Waals surface area contributed by atoms with Gasteiger partial charge in [-0.15, -0.1) is 0 Å². The summed E-state index contributed by atoms with van der Waals surface area (Å²) < 4.78 is 12.2. The summed E-state index contributed by atoms with van der Waals surface area (Å²) in [5.41, 5.74) is -0.347. The van der Waals surface area contributed by atoms with E-state index >= 15 is 0 Å². The van der Waals surface area contributed by atoms with Crippen molar-refractivity contribution >= 4 is 11.5 Å². The smallest absolute Gasteiger partial charge is 0.210 e. The van der Waals surface area contributed by atoms with E-state index in [1.54, 1.807) is 0 Å². The van der Waals surface area contributed by atoms with E-state index in [1.165, 1.54) is 6.07 Å². The van der Waals surface area contributed by atoms with Crippen LogP contribution in [0.4, 0.5) is 4.39 Å². The highest BCUT2D eigenvalue weighted by molar-refractivity contribution is 6.46. The minimum atomic E-state index is -0.754. The molecule has 50 valence electrons. The second kappa shape index (κ2) is 2.40. The largest absolute Gasteiger partial charge is 0.291 e. The quantitative estimate of drug-likeness (QED) is 0.463. The number of nitrogens with zero attached hydrogens (tertiary/aromatic N) is 2. The van der Waals surface area contributed by atoms with Crippen LogP contribution < -0.4 is 0 Å². The van der Waals surface area contributed by atoms with Crippen molar-refractivity contribution in [2.24, 2.45) is 4.99 Å². The summed E-state index contributed by atoms with van der Waals surface area (Å²) in [6.07, 6.45) is 0.987. The SMILES string of the molecule is N#CC1=NC(F)=CCC1=O. The number of ketones is 1. The molecule has 0 unspecified atom stereocenters. The second-order valence-electron chi connectivity index (χ2n) is 1.73. The molecule has 0 saturated carbocycles. The van der Waals surface area contributed by atoms with Crippen LogP contribution in [0.2, 0.25) is 0 Å². The van der Waals surface area contributed by atoms with Crippen LogP contribution in [0.3, 0.4) is 0 Å². The van der Waals surface area contributed by atoms with Crippen molar-refractivity contribution in [1.82, 2.24) is 0 Å². The van der Waals surface area contributed by atoms with Crippen molar-refractivity contribution in [3.05, 3.63) is 12.0 Å². The van der Waals surface area contributed by atoms with Gasteiger partial charge < -0.3 is 0 Å². The van der Waals surface area contributed by atoms with Crippen LogP contribution in [0.15, 0.2) is 17.0 Å². The van der Waals surface area contributed by atoms with E-state index in [1.807, 2.05) is 0 Å². The van der Waals surface area contributed by atoms with Gasteiger partial charge in [-0.25, -0.2) is 4.99 Å². The molecule has 0 aliphatic carbocycles. The van der Waals surface area contributed by atoms with Crippen molar-refractivity contribution in [3.8, 4) is 6.07 Å². The number of rotatable bonds is 0. The van der Waals surface area contributed by atoms with Crippen molar-refractivity contribution in [2.75, 3.05) is 0 Å². The summed E-state index contributed by atoms with van der Waals surface area (Å²) in [7, 11) is 0. The Balaban J connectivity index is 2.97. The normalized spacial score (nSPS) is 17.4. The first-order chi connectivity index (χ1) is 4.74. The average Bonchev–Trinajstić information content (AvgIpc) is 1.94. The first-order valence-electron chi connectivity index (χ1n) is 2.61. The third kappa shape index (κ3) is 1.08. The Morgan fingerprint density at radius 3 is 3.00 bits per heavy atom. The van der Waals surface area contributed by atoms with Crippen LogP contribution in [0.5, 0.6) is 0 Å². The number of aliphatic imine (C=N–C) groups is 1. The number of halogens is 1. The van der Waals surface area contributed by atoms with Crippen LogP contribution in [0, 0.1) is 11.3 Å². The first kappa shape index (κ1) is 6.62. The van der Waals surface area contributed by atoms with Crippen molar-refractivity contribution < 1.29 is 9.18 Å². The molecule has 0 fully saturated rings. The third-order valence-electron chi connectivity index (χ3n) is 1.04. The molecule has 1 rings (SSSR count). The summed E-state index contributed by atoms with van der Waals surface area (Å²) in [5, 5.41) is 8.18. The van der Waals surface area contributed by atoms with E-state index in [4.69, 9.17) is 5.26 Å². The zero-order chi connectivity index (χ0) is 7.56. The fraction of sp³-hybridized carbons (Fsp3) is 0.167. The highest BCUT2D eigenvalue weighted by Crippen LogP contribution is 2.07. The number of allylic oxidation sites excluding steroid dienone is 1. The predicted octanol–water partition coefficient (Wildman–Crippen LogP) is 0.735. The van der Waals surface area contributed by atoms with E-state index in [-0.39, 0.29) is 12.1 Å². The van der Waals surface area contributed by atoms with Gasteiger partial charge in [-0.3, -0.25) is 4.79 Å². The lowest BCUT2D eigenvalue weighted by Gasteiger charge is -1.98. The van der Waals surface area contributed by atoms with E-state index in [0.717, 1.165) is 6.08 Å². The highest BCUT2D eigenvalue weighted by Gasteiger charge is 2.14. The van der Waals surface area contributed by atoms with Gasteiger partial charge in [0.2, 0.25) is 5.95 Å². The standard InChI is InChI=1S/C6H3FN2O/c7-6-2-1-5(10)4(3-8)9-6/h2H,1H2. The summed E-state index contributed by atoms with van der Waals surface area (Å²) in [5.74, 6) is -1.18. The van der Waals surface area contributed by atoms with Crippen molar-refractivity contribution in [1.29, 1.82) is 5.26 Å². The van der Waals surface area contributed by atoms with Gasteiger partial charge >= 0.3 is 0 Å². The monoisotopic (exact) mass is 138 g/mol. The molecule has 0 N–H and O–H groups in total. The van der Waals surface area contributed by atoms with Crippen LogP contribution >= 0.6 is 0 Å². The minimum Gasteiger partial charge on any atom is -0.291 e. The second-order valence-corrected chi connectivity index (χ2v) is 1.73.